The molecule has 2 N–H and O–H groups in total. The Bertz CT molecular complexity index is 898. The van der Waals surface area contributed by atoms with Crippen LogP contribution in [0.2, 0.25) is 0 Å². The molecule has 4 rings (SSSR count). The van der Waals surface area contributed by atoms with Gasteiger partial charge in [-0.3, -0.25) is 9.69 Å². The quantitative estimate of drug-likeness (QED) is 0.734. The van der Waals surface area contributed by atoms with Gasteiger partial charge >= 0.3 is 0 Å². The third-order valence-electron chi connectivity index (χ3n) is 4.72. The Kier molecular flexibility index (Phi) is 5.33. The van der Waals surface area contributed by atoms with Crippen molar-refractivity contribution >= 4 is 17.2 Å². The highest BCUT2D eigenvalue weighted by molar-refractivity contribution is 7.13. The van der Waals surface area contributed by atoms with Gasteiger partial charge in [0.1, 0.15) is 17.0 Å². The van der Waals surface area contributed by atoms with Crippen molar-refractivity contribution in [1.29, 1.82) is 0 Å². The van der Waals surface area contributed by atoms with Gasteiger partial charge in [0.05, 0.1) is 17.8 Å². The molecule has 1 saturated heterocycles. The Balaban J connectivity index is 1.32. The Morgan fingerprint density at radius 2 is 1.96 bits per heavy atom. The minimum absolute atomic E-state index is 0.0122. The van der Waals surface area contributed by atoms with Crippen molar-refractivity contribution in [1.82, 2.24) is 14.8 Å². The topological polar surface area (TPSA) is 75.6 Å². The lowest BCUT2D eigenvalue weighted by Gasteiger charge is -2.34. The summed E-state index contributed by atoms with van der Waals surface area (Å²) < 4.78 is 5.27. The van der Waals surface area contributed by atoms with Crippen LogP contribution >= 0.6 is 11.3 Å². The summed E-state index contributed by atoms with van der Waals surface area (Å²) in [6, 6.07) is 12.0. The van der Waals surface area contributed by atoms with E-state index in [9.17, 15) is 4.79 Å². The lowest BCUT2D eigenvalue weighted by Crippen LogP contribution is -2.48. The number of hydrogen-bond acceptors (Lipinski definition) is 6. The average Bonchev–Trinajstić information content (AvgIpc) is 3.38. The van der Waals surface area contributed by atoms with E-state index in [0.717, 1.165) is 35.9 Å². The lowest BCUT2D eigenvalue weighted by atomic mass is 10.2. The number of carbonyl (C=O) groups is 1. The molecule has 1 aromatic carbocycles. The molecular weight excluding hydrogens is 360 g/mol. The highest BCUT2D eigenvalue weighted by Crippen LogP contribution is 2.24. The van der Waals surface area contributed by atoms with Crippen LogP contribution in [0.5, 0.6) is 0 Å². The molecule has 2 aromatic heterocycles. The molecule has 0 aliphatic carbocycles. The third-order valence-corrected chi connectivity index (χ3v) is 5.66. The van der Waals surface area contributed by atoms with Crippen LogP contribution in [0, 0.1) is 0 Å². The predicted octanol–water partition coefficient (Wildman–Crippen LogP) is 2.82. The van der Waals surface area contributed by atoms with Gasteiger partial charge in [0.2, 0.25) is 0 Å². The van der Waals surface area contributed by atoms with Crippen LogP contribution in [-0.2, 0) is 13.1 Å². The number of hydrogen-bond donors (Lipinski definition) is 1. The fourth-order valence-corrected chi connectivity index (χ4v) is 4.03. The minimum atomic E-state index is 0.0122. The number of furan rings is 1. The fraction of sp³-hybridized carbons (Fsp3) is 0.300. The smallest absolute Gasteiger partial charge is 0.257 e. The van der Waals surface area contributed by atoms with Gasteiger partial charge in [-0.15, -0.1) is 11.3 Å². The number of thiazole rings is 1. The largest absolute Gasteiger partial charge is 0.467 e. The highest BCUT2D eigenvalue weighted by Gasteiger charge is 2.23. The molecule has 3 heterocycles. The van der Waals surface area contributed by atoms with Crippen LogP contribution in [0.4, 0.5) is 0 Å². The van der Waals surface area contributed by atoms with E-state index < -0.39 is 0 Å². The maximum absolute atomic E-state index is 12.6. The second-order valence-electron chi connectivity index (χ2n) is 6.58. The molecule has 7 heteroatoms. The van der Waals surface area contributed by atoms with Crippen LogP contribution in [0.25, 0.3) is 10.6 Å². The molecule has 1 aliphatic rings. The molecule has 0 bridgehead atoms. The van der Waals surface area contributed by atoms with Gasteiger partial charge in [-0.1, -0.05) is 30.3 Å². The zero-order valence-corrected chi connectivity index (χ0v) is 15.8. The number of carbonyl (C=O) groups excluding carboxylic acids is 1. The summed E-state index contributed by atoms with van der Waals surface area (Å²) in [5, 5.41) is 3.18. The summed E-state index contributed by atoms with van der Waals surface area (Å²) in [6.45, 7) is 4.21. The van der Waals surface area contributed by atoms with Gasteiger partial charge in [0.25, 0.3) is 5.91 Å². The Morgan fingerprint density at radius 1 is 1.19 bits per heavy atom. The minimum Gasteiger partial charge on any atom is -0.467 e. The molecule has 1 aliphatic heterocycles. The van der Waals surface area contributed by atoms with Crippen molar-refractivity contribution < 1.29 is 9.21 Å². The first-order valence-corrected chi connectivity index (χ1v) is 9.90. The number of nitrogens with zero attached hydrogens (tertiary/aromatic N) is 3. The molecule has 0 atom stereocenters. The molecule has 1 fully saturated rings. The summed E-state index contributed by atoms with van der Waals surface area (Å²) in [5.41, 5.74) is 8.36. The first-order valence-electron chi connectivity index (χ1n) is 9.02. The highest BCUT2D eigenvalue weighted by atomic mass is 32.1. The van der Waals surface area contributed by atoms with E-state index in [4.69, 9.17) is 15.1 Å². The van der Waals surface area contributed by atoms with Crippen molar-refractivity contribution in [3.63, 3.8) is 0 Å². The molecule has 6 nitrogen and oxygen atoms in total. The average molecular weight is 382 g/mol. The Morgan fingerprint density at radius 3 is 2.67 bits per heavy atom. The van der Waals surface area contributed by atoms with E-state index in [2.05, 4.69) is 22.4 Å². The molecule has 27 heavy (non-hydrogen) atoms. The first-order chi connectivity index (χ1) is 13.2. The number of piperazine rings is 1. The second kappa shape index (κ2) is 8.04. The summed E-state index contributed by atoms with van der Waals surface area (Å²) in [5.74, 6) is 0.646. The van der Waals surface area contributed by atoms with Crippen molar-refractivity contribution in [3.05, 3.63) is 65.1 Å². The zero-order chi connectivity index (χ0) is 18.6. The van der Waals surface area contributed by atoms with Crippen molar-refractivity contribution in [2.75, 3.05) is 26.2 Å². The fourth-order valence-electron chi connectivity index (χ4n) is 3.21. The number of benzene rings is 1. The van der Waals surface area contributed by atoms with Crippen LogP contribution in [0.15, 0.2) is 52.5 Å². The summed E-state index contributed by atoms with van der Waals surface area (Å²) >= 11 is 1.68. The van der Waals surface area contributed by atoms with E-state index in [0.29, 0.717) is 31.0 Å². The third kappa shape index (κ3) is 4.10. The number of rotatable bonds is 5. The van der Waals surface area contributed by atoms with Crippen molar-refractivity contribution in [3.8, 4) is 10.6 Å². The van der Waals surface area contributed by atoms with Crippen molar-refractivity contribution in [2.24, 2.45) is 5.73 Å². The van der Waals surface area contributed by atoms with Crippen LogP contribution in [0.3, 0.4) is 0 Å². The van der Waals surface area contributed by atoms with Gasteiger partial charge < -0.3 is 15.1 Å². The van der Waals surface area contributed by atoms with E-state index in [1.807, 2.05) is 23.1 Å². The molecule has 0 spiro atoms. The number of aromatic nitrogens is 1. The van der Waals surface area contributed by atoms with Crippen LogP contribution < -0.4 is 5.73 Å². The summed E-state index contributed by atoms with van der Waals surface area (Å²) in [4.78, 5) is 21.5. The second-order valence-corrected chi connectivity index (χ2v) is 7.44. The van der Waals surface area contributed by atoms with Crippen LogP contribution in [-0.4, -0.2) is 46.9 Å². The number of nitrogens with two attached hydrogens (primary N) is 1. The molecular formula is C20H22N4O2S. The number of amides is 1. The van der Waals surface area contributed by atoms with E-state index in [1.54, 1.807) is 17.4 Å². The molecule has 3 aromatic rings. The molecule has 1 amide bonds. The van der Waals surface area contributed by atoms with Gasteiger partial charge in [-0.25, -0.2) is 4.98 Å². The van der Waals surface area contributed by atoms with Gasteiger partial charge in [0, 0.05) is 43.7 Å². The summed E-state index contributed by atoms with van der Waals surface area (Å²) in [7, 11) is 0. The zero-order valence-electron chi connectivity index (χ0n) is 15.0. The molecule has 0 saturated carbocycles. The Labute approximate surface area is 162 Å². The van der Waals surface area contributed by atoms with E-state index in [-0.39, 0.29) is 5.91 Å². The maximum Gasteiger partial charge on any atom is 0.257 e. The Hall–Kier alpha value is -2.48. The summed E-state index contributed by atoms with van der Waals surface area (Å²) in [6.07, 6.45) is 1.50. The standard InChI is InChI=1S/C20H22N4O2S/c21-11-18-10-16(13-26-18)20(25)24-8-6-23(7-9-24)12-17-14-27-19(22-17)15-4-2-1-3-5-15/h1-5,10,13-14H,6-9,11-12,21H2. The monoisotopic (exact) mass is 382 g/mol. The predicted molar refractivity (Wildman–Crippen MR) is 105 cm³/mol. The van der Waals surface area contributed by atoms with E-state index in [1.165, 1.54) is 6.26 Å². The van der Waals surface area contributed by atoms with Gasteiger partial charge in [-0.05, 0) is 6.07 Å². The maximum atomic E-state index is 12.6. The molecule has 0 unspecified atom stereocenters. The molecule has 0 radical (unpaired) electrons. The first kappa shape index (κ1) is 17.9. The lowest BCUT2D eigenvalue weighted by molar-refractivity contribution is 0.0626. The normalized spacial score (nSPS) is 15.2. The van der Waals surface area contributed by atoms with E-state index >= 15 is 0 Å². The van der Waals surface area contributed by atoms with Gasteiger partial charge in [-0.2, -0.15) is 0 Å². The SMILES string of the molecule is NCc1cc(C(=O)N2CCN(Cc3csc(-c4ccccc4)n3)CC2)co1. The van der Waals surface area contributed by atoms with Crippen molar-refractivity contribution in [2.45, 2.75) is 13.1 Å². The van der Waals surface area contributed by atoms with Crippen LogP contribution in [0.1, 0.15) is 21.8 Å². The molecule has 140 valence electrons. The van der Waals surface area contributed by atoms with Gasteiger partial charge in [0.15, 0.2) is 0 Å².